The second kappa shape index (κ2) is 9.65. The molecule has 0 amide bonds. The van der Waals surface area contributed by atoms with Gasteiger partial charge in [0.05, 0.1) is 0 Å². The molecule has 0 aromatic heterocycles. The fourth-order valence-electron chi connectivity index (χ4n) is 2.69. The molecule has 0 atom stereocenters. The van der Waals surface area contributed by atoms with Crippen LogP contribution in [-0.4, -0.2) is 22.2 Å². The van der Waals surface area contributed by atoms with Crippen LogP contribution < -0.4 is 9.47 Å². The van der Waals surface area contributed by atoms with Crippen molar-refractivity contribution in [3.05, 3.63) is 47.5 Å². The number of carbonyl (C=O) groups is 2. The number of phenolic OH excluding ortho intramolecular Hbond substituents is 2. The molecule has 164 valence electrons. The van der Waals surface area contributed by atoms with E-state index in [1.54, 1.807) is 24.3 Å². The zero-order valence-electron chi connectivity index (χ0n) is 19.0. The summed E-state index contributed by atoms with van der Waals surface area (Å²) < 4.78 is 10.2. The van der Waals surface area contributed by atoms with Crippen LogP contribution in [0.1, 0.15) is 66.5 Å². The van der Waals surface area contributed by atoms with Crippen molar-refractivity contribution < 1.29 is 29.3 Å². The number of aromatic hydroxyl groups is 2. The molecular weight excluding hydrogens is 384 g/mol. The summed E-state index contributed by atoms with van der Waals surface area (Å²) in [6.07, 6.45) is 0. The van der Waals surface area contributed by atoms with Crippen LogP contribution in [0.2, 0.25) is 0 Å². The Labute approximate surface area is 178 Å². The molecule has 0 bridgehead atoms. The molecule has 0 aliphatic carbocycles. The highest BCUT2D eigenvalue weighted by molar-refractivity contribution is 5.71. The van der Waals surface area contributed by atoms with E-state index in [9.17, 15) is 19.8 Å². The van der Waals surface area contributed by atoms with Gasteiger partial charge in [0.15, 0.2) is 0 Å². The fourth-order valence-corrected chi connectivity index (χ4v) is 2.69. The SMILES string of the molecule is CC(=O)Oc1ccc(OC(C)=O)c(C(C)(C)C)c1.CC(C)(C)c1cc(O)ccc1O. The van der Waals surface area contributed by atoms with E-state index >= 15 is 0 Å². The maximum atomic E-state index is 11.0. The summed E-state index contributed by atoms with van der Waals surface area (Å²) in [6.45, 7) is 14.6. The minimum absolute atomic E-state index is 0.136. The van der Waals surface area contributed by atoms with Gasteiger partial charge in [-0.25, -0.2) is 0 Å². The average Bonchev–Trinajstić information content (AvgIpc) is 2.56. The van der Waals surface area contributed by atoms with Crippen molar-refractivity contribution in [1.29, 1.82) is 0 Å². The minimum Gasteiger partial charge on any atom is -0.508 e. The van der Waals surface area contributed by atoms with Crippen molar-refractivity contribution in [2.45, 2.75) is 66.2 Å². The number of phenols is 2. The molecule has 2 N–H and O–H groups in total. The van der Waals surface area contributed by atoms with Crippen LogP contribution >= 0.6 is 0 Å². The molecule has 2 aromatic carbocycles. The van der Waals surface area contributed by atoms with Crippen LogP contribution in [0.4, 0.5) is 0 Å². The Bertz CT molecular complexity index is 901. The average molecular weight is 417 g/mol. The number of benzene rings is 2. The van der Waals surface area contributed by atoms with E-state index in [4.69, 9.17) is 9.47 Å². The van der Waals surface area contributed by atoms with Crippen LogP contribution in [0.3, 0.4) is 0 Å². The lowest BCUT2D eigenvalue weighted by Gasteiger charge is -2.22. The predicted molar refractivity (Wildman–Crippen MR) is 116 cm³/mol. The lowest BCUT2D eigenvalue weighted by Crippen LogP contribution is -2.15. The van der Waals surface area contributed by atoms with Gasteiger partial charge < -0.3 is 19.7 Å². The van der Waals surface area contributed by atoms with Gasteiger partial charge in [-0.05, 0) is 47.2 Å². The van der Waals surface area contributed by atoms with Gasteiger partial charge >= 0.3 is 11.9 Å². The van der Waals surface area contributed by atoms with Gasteiger partial charge in [0.1, 0.15) is 23.0 Å². The smallest absolute Gasteiger partial charge is 0.308 e. The van der Waals surface area contributed by atoms with Crippen LogP contribution in [0, 0.1) is 0 Å². The molecule has 0 heterocycles. The maximum absolute atomic E-state index is 11.0. The molecule has 0 radical (unpaired) electrons. The molecule has 0 fully saturated rings. The largest absolute Gasteiger partial charge is 0.508 e. The summed E-state index contributed by atoms with van der Waals surface area (Å²) in [7, 11) is 0. The zero-order valence-corrected chi connectivity index (χ0v) is 19.0. The second-order valence-electron chi connectivity index (χ2n) is 9.05. The van der Waals surface area contributed by atoms with Crippen molar-refractivity contribution in [1.82, 2.24) is 0 Å². The zero-order chi connectivity index (χ0) is 23.3. The lowest BCUT2D eigenvalue weighted by atomic mass is 9.86. The van der Waals surface area contributed by atoms with Gasteiger partial charge in [-0.15, -0.1) is 0 Å². The van der Waals surface area contributed by atoms with E-state index in [1.165, 1.54) is 26.0 Å². The third kappa shape index (κ3) is 7.78. The van der Waals surface area contributed by atoms with Gasteiger partial charge in [-0.2, -0.15) is 0 Å². The quantitative estimate of drug-likeness (QED) is 0.396. The fraction of sp³-hybridized carbons (Fsp3) is 0.417. The minimum atomic E-state index is -0.380. The van der Waals surface area contributed by atoms with Crippen molar-refractivity contribution >= 4 is 11.9 Å². The van der Waals surface area contributed by atoms with E-state index in [2.05, 4.69) is 0 Å². The maximum Gasteiger partial charge on any atom is 0.308 e. The van der Waals surface area contributed by atoms with E-state index < -0.39 is 0 Å². The molecule has 6 nitrogen and oxygen atoms in total. The number of esters is 2. The number of hydrogen-bond acceptors (Lipinski definition) is 6. The normalized spacial score (nSPS) is 11.2. The highest BCUT2D eigenvalue weighted by Crippen LogP contribution is 2.35. The van der Waals surface area contributed by atoms with Crippen LogP contribution in [-0.2, 0) is 20.4 Å². The molecule has 0 aliphatic heterocycles. The first-order valence-corrected chi connectivity index (χ1v) is 9.65. The Morgan fingerprint density at radius 3 is 1.70 bits per heavy atom. The molecule has 0 spiro atoms. The lowest BCUT2D eigenvalue weighted by molar-refractivity contribution is -0.133. The van der Waals surface area contributed by atoms with Crippen LogP contribution in [0.25, 0.3) is 0 Å². The first-order chi connectivity index (χ1) is 13.6. The van der Waals surface area contributed by atoms with E-state index in [0.717, 1.165) is 11.1 Å². The first-order valence-electron chi connectivity index (χ1n) is 9.65. The van der Waals surface area contributed by atoms with Gasteiger partial charge in [0.2, 0.25) is 0 Å². The summed E-state index contributed by atoms with van der Waals surface area (Å²) in [5.41, 5.74) is 1.22. The van der Waals surface area contributed by atoms with Crippen molar-refractivity contribution in [2.24, 2.45) is 0 Å². The Balaban J connectivity index is 0.000000325. The van der Waals surface area contributed by atoms with Crippen molar-refractivity contribution in [3.8, 4) is 23.0 Å². The highest BCUT2D eigenvalue weighted by atomic mass is 16.5. The summed E-state index contributed by atoms with van der Waals surface area (Å²) in [4.78, 5) is 22.0. The number of rotatable bonds is 2. The molecule has 0 saturated heterocycles. The summed E-state index contributed by atoms with van der Waals surface area (Å²) >= 11 is 0. The van der Waals surface area contributed by atoms with Gasteiger partial charge in [0.25, 0.3) is 0 Å². The molecular formula is C24H32O6. The third-order valence-electron chi connectivity index (χ3n) is 4.06. The van der Waals surface area contributed by atoms with Gasteiger partial charge in [-0.3, -0.25) is 9.59 Å². The highest BCUT2D eigenvalue weighted by Gasteiger charge is 2.21. The Morgan fingerprint density at radius 2 is 1.27 bits per heavy atom. The van der Waals surface area contributed by atoms with E-state index in [-0.39, 0.29) is 34.3 Å². The Morgan fingerprint density at radius 1 is 0.733 bits per heavy atom. The summed E-state index contributed by atoms with van der Waals surface area (Å²) in [5.74, 6) is 0.614. The Kier molecular flexibility index (Phi) is 8.05. The van der Waals surface area contributed by atoms with Crippen molar-refractivity contribution in [2.75, 3.05) is 0 Å². The topological polar surface area (TPSA) is 93.1 Å². The molecule has 6 heteroatoms. The van der Waals surface area contributed by atoms with Crippen molar-refractivity contribution in [3.63, 3.8) is 0 Å². The van der Waals surface area contributed by atoms with Gasteiger partial charge in [0, 0.05) is 25.0 Å². The number of hydrogen-bond donors (Lipinski definition) is 2. The van der Waals surface area contributed by atoms with Crippen LogP contribution in [0.15, 0.2) is 36.4 Å². The predicted octanol–water partition coefficient (Wildman–Crippen LogP) is 5.23. The third-order valence-corrected chi connectivity index (χ3v) is 4.06. The molecule has 0 unspecified atom stereocenters. The summed E-state index contributed by atoms with van der Waals surface area (Å²) in [5, 5.41) is 18.6. The molecule has 2 aromatic rings. The monoisotopic (exact) mass is 416 g/mol. The molecule has 0 aliphatic rings. The van der Waals surface area contributed by atoms with Gasteiger partial charge in [-0.1, -0.05) is 41.5 Å². The second-order valence-corrected chi connectivity index (χ2v) is 9.05. The molecule has 30 heavy (non-hydrogen) atoms. The number of ether oxygens (including phenoxy) is 2. The standard InChI is InChI=1S/C14H18O4.C10H14O2/c1-9(15)17-11-6-7-13(18-10(2)16)12(8-11)14(3,4)5;1-10(2,3)8-6-7(11)4-5-9(8)12/h6-8H,1-5H3;4-6,11-12H,1-3H3. The van der Waals surface area contributed by atoms with E-state index in [0.29, 0.717) is 11.5 Å². The molecule has 2 rings (SSSR count). The number of carbonyl (C=O) groups excluding carboxylic acids is 2. The Hall–Kier alpha value is -3.02. The van der Waals surface area contributed by atoms with E-state index in [1.807, 2.05) is 41.5 Å². The summed E-state index contributed by atoms with van der Waals surface area (Å²) in [6, 6.07) is 9.55. The first kappa shape index (κ1) is 25.0. The molecule has 0 saturated carbocycles. The van der Waals surface area contributed by atoms with Crippen LogP contribution in [0.5, 0.6) is 23.0 Å².